The third-order valence-electron chi connectivity index (χ3n) is 5.95. The molecule has 6 nitrogen and oxygen atoms in total. The molecule has 2 fully saturated rings. The zero-order valence-corrected chi connectivity index (χ0v) is 17.5. The Balaban J connectivity index is 1.92. The van der Waals surface area contributed by atoms with Crippen molar-refractivity contribution in [2.45, 2.75) is 63.5 Å². The van der Waals surface area contributed by atoms with Crippen molar-refractivity contribution in [3.63, 3.8) is 0 Å². The van der Waals surface area contributed by atoms with E-state index in [0.29, 0.717) is 32.6 Å². The second-order valence-corrected chi connectivity index (χ2v) is 10.5. The van der Waals surface area contributed by atoms with Crippen molar-refractivity contribution < 1.29 is 13.2 Å². The summed E-state index contributed by atoms with van der Waals surface area (Å²) in [5, 5.41) is 6.65. The van der Waals surface area contributed by atoms with Gasteiger partial charge in [-0.15, -0.1) is 0 Å². The van der Waals surface area contributed by atoms with Gasteiger partial charge in [0.1, 0.15) is 0 Å². The summed E-state index contributed by atoms with van der Waals surface area (Å²) in [6.07, 6.45) is 8.90. The number of rotatable bonds is 7. The molecule has 152 valence electrons. The summed E-state index contributed by atoms with van der Waals surface area (Å²) in [4.78, 5) is 4.63. The van der Waals surface area contributed by atoms with Crippen molar-refractivity contribution in [2.75, 3.05) is 39.1 Å². The second-order valence-electron chi connectivity index (χ2n) is 8.12. The molecule has 1 saturated heterocycles. The molecule has 0 aromatic rings. The first-order valence-corrected chi connectivity index (χ1v) is 12.0. The van der Waals surface area contributed by atoms with Crippen molar-refractivity contribution >= 4 is 15.8 Å². The monoisotopic (exact) mass is 387 g/mol. The predicted octanol–water partition coefficient (Wildman–Crippen LogP) is 2.35. The van der Waals surface area contributed by atoms with Gasteiger partial charge in [-0.05, 0) is 44.4 Å². The maximum absolute atomic E-state index is 12.4. The number of ether oxygens (including phenoxy) is 1. The Morgan fingerprint density at radius 3 is 2.58 bits per heavy atom. The number of hydrogen-bond acceptors (Lipinski definition) is 4. The first-order chi connectivity index (χ1) is 12.4. The van der Waals surface area contributed by atoms with E-state index in [9.17, 15) is 8.42 Å². The van der Waals surface area contributed by atoms with E-state index in [4.69, 9.17) is 4.74 Å². The van der Waals surface area contributed by atoms with Gasteiger partial charge in [-0.25, -0.2) is 8.42 Å². The van der Waals surface area contributed by atoms with Gasteiger partial charge in [-0.1, -0.05) is 26.2 Å². The topological polar surface area (TPSA) is 79.8 Å². The first kappa shape index (κ1) is 21.5. The van der Waals surface area contributed by atoms with Crippen molar-refractivity contribution in [2.24, 2.45) is 16.8 Å². The van der Waals surface area contributed by atoms with Gasteiger partial charge in [0.15, 0.2) is 15.8 Å². The Bertz CT molecular complexity index is 556. The van der Waals surface area contributed by atoms with Crippen LogP contribution in [0.5, 0.6) is 0 Å². The van der Waals surface area contributed by atoms with Crippen LogP contribution in [0.15, 0.2) is 4.99 Å². The minimum Gasteiger partial charge on any atom is -0.381 e. The van der Waals surface area contributed by atoms with Crippen LogP contribution in [0, 0.1) is 11.8 Å². The Kier molecular flexibility index (Phi) is 8.20. The van der Waals surface area contributed by atoms with E-state index in [1.807, 2.05) is 6.92 Å². The lowest BCUT2D eigenvalue weighted by atomic mass is 9.81. The molecule has 0 radical (unpaired) electrons. The summed E-state index contributed by atoms with van der Waals surface area (Å²) in [5.41, 5.74) is 0. The zero-order valence-electron chi connectivity index (χ0n) is 16.7. The van der Waals surface area contributed by atoms with E-state index in [-0.39, 0.29) is 0 Å². The van der Waals surface area contributed by atoms with E-state index < -0.39 is 14.6 Å². The summed E-state index contributed by atoms with van der Waals surface area (Å²) < 4.78 is 29.3. The number of hydrogen-bond donors (Lipinski definition) is 2. The molecule has 0 amide bonds. The molecule has 2 aliphatic rings. The highest BCUT2D eigenvalue weighted by Crippen LogP contribution is 2.31. The Hall–Kier alpha value is -0.820. The summed E-state index contributed by atoms with van der Waals surface area (Å²) in [6, 6.07) is 0. The summed E-state index contributed by atoms with van der Waals surface area (Å²) in [5.74, 6) is 2.37. The van der Waals surface area contributed by atoms with Crippen LogP contribution in [0.1, 0.15) is 58.8 Å². The molecule has 2 atom stereocenters. The zero-order chi connectivity index (χ0) is 19.0. The van der Waals surface area contributed by atoms with Gasteiger partial charge in [0.2, 0.25) is 0 Å². The normalized spacial score (nSPS) is 27.1. The second kappa shape index (κ2) is 9.93. The number of guanidine groups is 1. The first-order valence-electron chi connectivity index (χ1n) is 10.2. The van der Waals surface area contributed by atoms with E-state index in [1.54, 1.807) is 0 Å². The molecule has 1 aliphatic heterocycles. The minimum absolute atomic E-state index is 0.297. The molecule has 7 heteroatoms. The Labute approximate surface area is 159 Å². The Morgan fingerprint density at radius 1 is 1.23 bits per heavy atom. The van der Waals surface area contributed by atoms with Gasteiger partial charge in [-0.2, -0.15) is 0 Å². The van der Waals surface area contributed by atoms with Gasteiger partial charge in [0.25, 0.3) is 0 Å². The van der Waals surface area contributed by atoms with Crippen molar-refractivity contribution in [1.29, 1.82) is 0 Å². The van der Waals surface area contributed by atoms with Gasteiger partial charge in [0, 0.05) is 32.6 Å². The van der Waals surface area contributed by atoms with Crippen LogP contribution >= 0.6 is 0 Å². The Morgan fingerprint density at radius 2 is 1.96 bits per heavy atom. The molecular weight excluding hydrogens is 350 g/mol. The lowest BCUT2D eigenvalue weighted by Gasteiger charge is -2.34. The van der Waals surface area contributed by atoms with E-state index in [0.717, 1.165) is 37.3 Å². The van der Waals surface area contributed by atoms with Gasteiger partial charge < -0.3 is 15.4 Å². The van der Waals surface area contributed by atoms with Crippen LogP contribution < -0.4 is 10.6 Å². The van der Waals surface area contributed by atoms with Gasteiger partial charge >= 0.3 is 0 Å². The van der Waals surface area contributed by atoms with Crippen molar-refractivity contribution in [3.8, 4) is 0 Å². The van der Waals surface area contributed by atoms with Crippen molar-refractivity contribution in [1.82, 2.24) is 10.6 Å². The fourth-order valence-corrected chi connectivity index (χ4v) is 5.38. The molecule has 2 rings (SSSR count). The maximum atomic E-state index is 12.4. The maximum Gasteiger partial charge on any atom is 0.191 e. The van der Waals surface area contributed by atoms with Crippen LogP contribution in [0.3, 0.4) is 0 Å². The molecule has 2 unspecified atom stereocenters. The third-order valence-corrected chi connectivity index (χ3v) is 8.06. The van der Waals surface area contributed by atoms with Crippen LogP contribution in [-0.2, 0) is 14.6 Å². The quantitative estimate of drug-likeness (QED) is 0.518. The van der Waals surface area contributed by atoms with Gasteiger partial charge in [0.05, 0.1) is 11.3 Å². The SMILES string of the molecule is CCNC(=NCC1(S(C)(=O)=O)CCOCC1)NCCC1CCCC(C)C1. The van der Waals surface area contributed by atoms with Crippen LogP contribution in [0.25, 0.3) is 0 Å². The number of nitrogens with one attached hydrogen (secondary N) is 2. The molecule has 26 heavy (non-hydrogen) atoms. The molecule has 2 N–H and O–H groups in total. The van der Waals surface area contributed by atoms with E-state index in [1.165, 1.54) is 31.9 Å². The van der Waals surface area contributed by atoms with Gasteiger partial charge in [-0.3, -0.25) is 4.99 Å². The highest BCUT2D eigenvalue weighted by atomic mass is 32.2. The average molecular weight is 388 g/mol. The van der Waals surface area contributed by atoms with Crippen LogP contribution in [-0.4, -0.2) is 58.2 Å². The molecular formula is C19H37N3O3S. The molecule has 0 aromatic carbocycles. The van der Waals surface area contributed by atoms with Crippen LogP contribution in [0.2, 0.25) is 0 Å². The van der Waals surface area contributed by atoms with Crippen molar-refractivity contribution in [3.05, 3.63) is 0 Å². The number of nitrogens with zero attached hydrogens (tertiary/aromatic N) is 1. The summed E-state index contributed by atoms with van der Waals surface area (Å²) in [6.45, 7) is 7.31. The summed E-state index contributed by atoms with van der Waals surface area (Å²) in [7, 11) is -3.18. The van der Waals surface area contributed by atoms with E-state index >= 15 is 0 Å². The highest BCUT2D eigenvalue weighted by Gasteiger charge is 2.42. The molecule has 1 aliphatic carbocycles. The molecule has 1 saturated carbocycles. The largest absolute Gasteiger partial charge is 0.381 e. The fraction of sp³-hybridized carbons (Fsp3) is 0.947. The standard InChI is InChI=1S/C19H37N3O3S/c1-4-20-18(21-11-8-17-7-5-6-16(2)14-17)22-15-19(26(3,23)24)9-12-25-13-10-19/h16-17H,4-15H2,1-3H3,(H2,20,21,22). The summed E-state index contributed by atoms with van der Waals surface area (Å²) >= 11 is 0. The smallest absolute Gasteiger partial charge is 0.191 e. The fourth-order valence-electron chi connectivity index (χ4n) is 4.17. The third kappa shape index (κ3) is 6.12. The number of aliphatic imine (C=N–C) groups is 1. The number of sulfone groups is 1. The van der Waals surface area contributed by atoms with Crippen LogP contribution in [0.4, 0.5) is 0 Å². The highest BCUT2D eigenvalue weighted by molar-refractivity contribution is 7.92. The van der Waals surface area contributed by atoms with E-state index in [2.05, 4.69) is 22.5 Å². The predicted molar refractivity (Wildman–Crippen MR) is 107 cm³/mol. The lowest BCUT2D eigenvalue weighted by Crippen LogP contribution is -2.47. The lowest BCUT2D eigenvalue weighted by molar-refractivity contribution is 0.0768. The molecule has 0 bridgehead atoms. The molecule has 1 heterocycles. The minimum atomic E-state index is -3.18. The molecule has 0 aromatic heterocycles. The molecule has 0 spiro atoms. The average Bonchev–Trinajstić information content (AvgIpc) is 2.59.